The molecule has 1 aliphatic rings. The number of aromatic hydroxyl groups is 1. The molecule has 0 radical (unpaired) electrons. The predicted molar refractivity (Wildman–Crippen MR) is 103 cm³/mol. The molecule has 150 valence electrons. The van der Waals surface area contributed by atoms with Gasteiger partial charge in [-0.3, -0.25) is 0 Å². The van der Waals surface area contributed by atoms with Gasteiger partial charge in [-0.1, -0.05) is 29.8 Å². The Hall–Kier alpha value is -2.63. The van der Waals surface area contributed by atoms with Crippen LogP contribution in [0.15, 0.2) is 48.5 Å². The van der Waals surface area contributed by atoms with Gasteiger partial charge in [-0.15, -0.1) is 0 Å². The van der Waals surface area contributed by atoms with Crippen LogP contribution in [0.3, 0.4) is 0 Å². The van der Waals surface area contributed by atoms with Gasteiger partial charge < -0.3 is 14.4 Å². The van der Waals surface area contributed by atoms with Crippen molar-refractivity contribution in [1.82, 2.24) is 4.72 Å². The van der Waals surface area contributed by atoms with E-state index in [0.29, 0.717) is 15.4 Å². The molecule has 1 aliphatic heterocycles. The monoisotopic (exact) mass is 446 g/mol. The van der Waals surface area contributed by atoms with Crippen LogP contribution < -0.4 is 13.2 Å². The fraction of sp³-hybridized carbons (Fsp3) is 0.125. The number of benzene rings is 2. The zero-order valence-corrected chi connectivity index (χ0v) is 16.7. The van der Waals surface area contributed by atoms with Crippen LogP contribution in [0.5, 0.6) is 11.5 Å². The summed E-state index contributed by atoms with van der Waals surface area (Å²) in [6.45, 7) is 0. The fourth-order valence-corrected chi connectivity index (χ4v) is 4.46. The maximum atomic E-state index is 11.9. The average Bonchev–Trinajstić information content (AvgIpc) is 2.82. The van der Waals surface area contributed by atoms with Gasteiger partial charge in [-0.2, -0.15) is 16.8 Å². The first-order valence-corrected chi connectivity index (χ1v) is 11.3. The molecule has 12 heteroatoms. The van der Waals surface area contributed by atoms with Gasteiger partial charge in [0.25, 0.3) is 0 Å². The van der Waals surface area contributed by atoms with Crippen LogP contribution in [-0.2, 0) is 26.7 Å². The maximum absolute atomic E-state index is 11.9. The van der Waals surface area contributed by atoms with Gasteiger partial charge in [0.15, 0.2) is 5.75 Å². The minimum Gasteiger partial charge on any atom is -0.506 e. The van der Waals surface area contributed by atoms with Crippen molar-refractivity contribution >= 4 is 37.6 Å². The van der Waals surface area contributed by atoms with Crippen LogP contribution in [0.25, 0.3) is 0 Å². The summed E-state index contributed by atoms with van der Waals surface area (Å²) in [5.41, 5.74) is 0.928. The van der Waals surface area contributed by atoms with Gasteiger partial charge in [-0.25, -0.2) is 9.03 Å². The van der Waals surface area contributed by atoms with Crippen molar-refractivity contribution < 1.29 is 31.2 Å². The molecular formula is C16H15ClN2O7S2. The van der Waals surface area contributed by atoms with Crippen LogP contribution in [0.4, 0.5) is 5.69 Å². The second-order valence-corrected chi connectivity index (χ2v) is 9.46. The number of nitrogens with one attached hydrogen (secondary N) is 1. The normalized spacial score (nSPS) is 15.8. The highest BCUT2D eigenvalue weighted by molar-refractivity contribution is 7.91. The highest BCUT2D eigenvalue weighted by atomic mass is 35.5. The minimum absolute atomic E-state index is 0.0191. The summed E-state index contributed by atoms with van der Waals surface area (Å²) in [7, 11) is -7.84. The van der Waals surface area contributed by atoms with Gasteiger partial charge >= 0.3 is 20.3 Å². The molecular weight excluding hydrogens is 432 g/mol. The summed E-state index contributed by atoms with van der Waals surface area (Å²) in [4.78, 5) is 0. The Morgan fingerprint density at radius 1 is 1.21 bits per heavy atom. The molecule has 0 amide bonds. The van der Waals surface area contributed by atoms with Crippen LogP contribution >= 0.6 is 11.6 Å². The molecule has 0 saturated heterocycles. The first-order chi connectivity index (χ1) is 13.0. The fourth-order valence-electron chi connectivity index (χ4n) is 2.61. The number of halogens is 1. The van der Waals surface area contributed by atoms with Crippen LogP contribution in [0.2, 0.25) is 5.02 Å². The lowest BCUT2D eigenvalue weighted by atomic mass is 10.0. The second-order valence-electron chi connectivity index (χ2n) is 5.93. The van der Waals surface area contributed by atoms with E-state index >= 15 is 0 Å². The smallest absolute Gasteiger partial charge is 0.330 e. The summed E-state index contributed by atoms with van der Waals surface area (Å²) in [5.74, 6) is -0.958. The topological polar surface area (TPSA) is 133 Å². The molecule has 0 spiro atoms. The molecule has 2 aromatic carbocycles. The van der Waals surface area contributed by atoms with Crippen molar-refractivity contribution in [3.05, 3.63) is 64.6 Å². The van der Waals surface area contributed by atoms with E-state index in [2.05, 4.69) is 0 Å². The molecule has 28 heavy (non-hydrogen) atoms. The van der Waals surface area contributed by atoms with Crippen molar-refractivity contribution in [3.8, 4) is 11.5 Å². The van der Waals surface area contributed by atoms with Crippen LogP contribution in [0, 0.1) is 0 Å². The highest BCUT2D eigenvalue weighted by Crippen LogP contribution is 2.35. The van der Waals surface area contributed by atoms with E-state index < -0.39 is 26.2 Å². The molecule has 3 N–H and O–H groups in total. The Kier molecular flexibility index (Phi) is 5.08. The summed E-state index contributed by atoms with van der Waals surface area (Å²) in [6, 6.07) is 8.93. The molecule has 9 nitrogen and oxygen atoms in total. The maximum Gasteiger partial charge on any atom is 0.330 e. The van der Waals surface area contributed by atoms with E-state index in [0.717, 1.165) is 12.5 Å². The number of hydrogen-bond acceptors (Lipinski definition) is 7. The Morgan fingerprint density at radius 2 is 1.93 bits per heavy atom. The summed E-state index contributed by atoms with van der Waals surface area (Å²) in [6.07, 6.45) is 1.97. The quantitative estimate of drug-likeness (QED) is 0.598. The lowest BCUT2D eigenvalue weighted by Crippen LogP contribution is -2.29. The zero-order valence-electron chi connectivity index (χ0n) is 14.3. The summed E-state index contributed by atoms with van der Waals surface area (Å²) >= 11 is 6.04. The molecule has 3 rings (SSSR count). The third kappa shape index (κ3) is 4.26. The van der Waals surface area contributed by atoms with Crippen LogP contribution in [-0.4, -0.2) is 33.3 Å². The largest absolute Gasteiger partial charge is 0.506 e. The van der Waals surface area contributed by atoms with Gasteiger partial charge in [-0.05, 0) is 23.8 Å². The van der Waals surface area contributed by atoms with E-state index in [1.807, 2.05) is 4.72 Å². The van der Waals surface area contributed by atoms with Gasteiger partial charge in [0.05, 0.1) is 17.5 Å². The number of para-hydroxylation sites is 1. The molecule has 0 unspecified atom stereocenters. The van der Waals surface area contributed by atoms with Gasteiger partial charge in [0.2, 0.25) is 5.88 Å². The molecule has 0 fully saturated rings. The minimum atomic E-state index is -4.04. The van der Waals surface area contributed by atoms with E-state index in [1.54, 1.807) is 18.2 Å². The van der Waals surface area contributed by atoms with Crippen molar-refractivity contribution in [2.45, 2.75) is 6.42 Å². The SMILES string of the molecule is CS(=O)(=O)Oc1c(Cl)cccc1Cc1ccc(N2C=C(O)NS2(=O)=O)c(O)c1. The number of rotatable bonds is 5. The zero-order chi connectivity index (χ0) is 20.7. The number of phenols is 1. The van der Waals surface area contributed by atoms with E-state index in [-0.39, 0.29) is 28.6 Å². The van der Waals surface area contributed by atoms with E-state index in [9.17, 15) is 27.0 Å². The number of nitrogens with zero attached hydrogens (tertiary/aromatic N) is 1. The Labute approximate surface area is 166 Å². The molecule has 2 aromatic rings. The molecule has 0 bridgehead atoms. The van der Waals surface area contributed by atoms with E-state index in [1.165, 1.54) is 18.2 Å². The molecule has 0 saturated carbocycles. The van der Waals surface area contributed by atoms with Gasteiger partial charge in [0.1, 0.15) is 11.4 Å². The van der Waals surface area contributed by atoms with Crippen molar-refractivity contribution in [3.63, 3.8) is 0 Å². The predicted octanol–water partition coefficient (Wildman–Crippen LogP) is 1.99. The molecule has 0 aromatic heterocycles. The first-order valence-electron chi connectivity index (χ1n) is 7.68. The van der Waals surface area contributed by atoms with Crippen molar-refractivity contribution in [1.29, 1.82) is 0 Å². The average molecular weight is 447 g/mol. The van der Waals surface area contributed by atoms with Gasteiger partial charge in [0, 0.05) is 12.0 Å². The third-order valence-corrected chi connectivity index (χ3v) is 5.74. The lowest BCUT2D eigenvalue weighted by molar-refractivity contribution is 0.392. The second kappa shape index (κ2) is 7.08. The number of aliphatic hydroxyl groups excluding tert-OH is 1. The van der Waals surface area contributed by atoms with E-state index in [4.69, 9.17) is 15.8 Å². The third-order valence-electron chi connectivity index (χ3n) is 3.69. The number of phenolic OH excluding ortho intramolecular Hbond substituents is 1. The molecule has 1 heterocycles. The summed E-state index contributed by atoms with van der Waals surface area (Å²) < 4.78 is 54.3. The first kappa shape index (κ1) is 20.1. The lowest BCUT2D eigenvalue weighted by Gasteiger charge is -2.16. The number of anilines is 1. The van der Waals surface area contributed by atoms with Crippen LogP contribution in [0.1, 0.15) is 11.1 Å². The Balaban J connectivity index is 1.94. The van der Waals surface area contributed by atoms with Crippen molar-refractivity contribution in [2.75, 3.05) is 10.6 Å². The Morgan fingerprint density at radius 3 is 2.50 bits per heavy atom. The highest BCUT2D eigenvalue weighted by Gasteiger charge is 2.30. The molecule has 0 aliphatic carbocycles. The Bertz CT molecular complexity index is 1180. The number of aliphatic hydroxyl groups is 1. The van der Waals surface area contributed by atoms with Crippen molar-refractivity contribution in [2.24, 2.45) is 0 Å². The number of hydrogen-bond donors (Lipinski definition) is 3. The summed E-state index contributed by atoms with van der Waals surface area (Å²) in [5, 5.41) is 19.7. The standard InChI is InChI=1S/C16H15ClN2O7S2/c1-27(22,23)26-16-11(3-2-4-12(16)17)7-10-5-6-13(14(20)8-10)19-9-15(21)18-28(19,24)25/h2-6,8-9,18,20-21H,7H2,1H3. The molecule has 0 atom stereocenters.